The van der Waals surface area contributed by atoms with Crippen LogP contribution in [0.4, 0.5) is 9.52 Å². The van der Waals surface area contributed by atoms with E-state index in [1.54, 1.807) is 28.4 Å². The fraction of sp³-hybridized carbons (Fsp3) is 0.333. The van der Waals surface area contributed by atoms with Crippen LogP contribution in [0, 0.1) is 19.7 Å². The highest BCUT2D eigenvalue weighted by Crippen LogP contribution is 2.33. The second-order valence-electron chi connectivity index (χ2n) is 7.18. The number of aryl methyl sites for hydroxylation is 2. The van der Waals surface area contributed by atoms with E-state index in [9.17, 15) is 9.18 Å². The summed E-state index contributed by atoms with van der Waals surface area (Å²) in [5, 5.41) is 0.732. The minimum absolute atomic E-state index is 0.0165. The number of amides is 1. The van der Waals surface area contributed by atoms with Crippen molar-refractivity contribution in [3.05, 3.63) is 58.9 Å². The van der Waals surface area contributed by atoms with Gasteiger partial charge in [0.15, 0.2) is 5.13 Å². The summed E-state index contributed by atoms with van der Waals surface area (Å²) in [5.41, 5.74) is 4.05. The Morgan fingerprint density at radius 3 is 2.41 bits per heavy atom. The number of anilines is 1. The molecule has 3 aromatic rings. The molecule has 0 saturated carbocycles. The fourth-order valence-electron chi connectivity index (χ4n) is 2.90. The molecule has 6 heteroatoms. The smallest absolute Gasteiger partial charge is 0.233 e. The maximum absolute atomic E-state index is 13.1. The topological polar surface area (TPSA) is 37.6 Å². The van der Waals surface area contributed by atoms with E-state index in [1.807, 2.05) is 6.92 Å². The normalized spacial score (nSPS) is 11.3. The monoisotopic (exact) mass is 386 g/mol. The number of thiazole rings is 1. The molecule has 3 rings (SSSR count). The van der Waals surface area contributed by atoms with Gasteiger partial charge in [-0.05, 0) is 42.7 Å². The van der Waals surface area contributed by atoms with Crippen LogP contribution in [-0.2, 0) is 11.2 Å². The highest BCUT2D eigenvalue weighted by Gasteiger charge is 2.22. The molecule has 142 valence electrons. The number of nitrogens with zero attached hydrogens (tertiary/aromatic N) is 2. The largest absolute Gasteiger partial charge is 0.338 e. The molecule has 4 nitrogen and oxygen atoms in total. The molecule has 27 heavy (non-hydrogen) atoms. The Labute approximate surface area is 163 Å². The second kappa shape index (κ2) is 8.15. The van der Waals surface area contributed by atoms with E-state index in [2.05, 4.69) is 33.2 Å². The lowest BCUT2D eigenvalue weighted by atomic mass is 10.1. The van der Waals surface area contributed by atoms with Crippen molar-refractivity contribution < 1.29 is 14.1 Å². The van der Waals surface area contributed by atoms with Crippen molar-refractivity contribution in [3.8, 4) is 0 Å². The number of quaternary nitrogens is 1. The van der Waals surface area contributed by atoms with Gasteiger partial charge in [-0.15, -0.1) is 0 Å². The number of aromatic nitrogens is 1. The van der Waals surface area contributed by atoms with Crippen molar-refractivity contribution in [1.29, 1.82) is 0 Å². The van der Waals surface area contributed by atoms with Gasteiger partial charge >= 0.3 is 0 Å². The molecule has 0 aliphatic heterocycles. The van der Waals surface area contributed by atoms with Gasteiger partial charge in [0.2, 0.25) is 5.91 Å². The molecule has 0 radical (unpaired) electrons. The minimum Gasteiger partial charge on any atom is -0.338 e. The Balaban J connectivity index is 1.93. The van der Waals surface area contributed by atoms with Gasteiger partial charge in [0.05, 0.1) is 43.8 Å². The number of hydrogen-bond donors (Lipinski definition) is 1. The van der Waals surface area contributed by atoms with E-state index in [1.165, 1.54) is 22.6 Å². The molecule has 1 aromatic heterocycles. The number of nitrogens with one attached hydrogen (secondary N) is 1. The second-order valence-corrected chi connectivity index (χ2v) is 8.16. The maximum Gasteiger partial charge on any atom is 0.233 e. The number of carbonyl (C=O) groups excluding carboxylic acids is 1. The van der Waals surface area contributed by atoms with Crippen molar-refractivity contribution in [2.45, 2.75) is 20.3 Å². The van der Waals surface area contributed by atoms with Crippen molar-refractivity contribution >= 4 is 32.6 Å². The SMILES string of the molecule is Cc1ccc(C)c2sc(N(CC[NH+](C)C)C(=O)Cc3ccc(F)cc3)nc12. The Kier molecular flexibility index (Phi) is 5.87. The lowest BCUT2D eigenvalue weighted by Gasteiger charge is -2.20. The standard InChI is InChI=1S/C21H24FN3OS/c1-14-5-6-15(2)20-19(14)23-21(27-20)25(12-11-24(3)4)18(26)13-16-7-9-17(22)10-8-16/h5-10H,11-13H2,1-4H3/p+1. The van der Waals surface area contributed by atoms with Crippen LogP contribution in [0.25, 0.3) is 10.2 Å². The highest BCUT2D eigenvalue weighted by atomic mass is 32.1. The van der Waals surface area contributed by atoms with E-state index in [-0.39, 0.29) is 18.1 Å². The maximum atomic E-state index is 13.1. The van der Waals surface area contributed by atoms with Gasteiger partial charge in [0.25, 0.3) is 0 Å². The molecule has 0 saturated heterocycles. The zero-order valence-electron chi connectivity index (χ0n) is 16.2. The van der Waals surface area contributed by atoms with Crippen molar-refractivity contribution in [2.75, 3.05) is 32.1 Å². The van der Waals surface area contributed by atoms with Crippen LogP contribution in [-0.4, -0.2) is 38.1 Å². The first-order valence-electron chi connectivity index (χ1n) is 9.05. The van der Waals surface area contributed by atoms with Gasteiger partial charge in [-0.1, -0.05) is 35.6 Å². The molecule has 0 bridgehead atoms. The molecular formula is C21H25FN3OS+. The predicted octanol–water partition coefficient (Wildman–Crippen LogP) is 2.77. The van der Waals surface area contributed by atoms with E-state index in [0.29, 0.717) is 6.54 Å². The fourth-order valence-corrected chi connectivity index (χ4v) is 4.05. The number of hydrogen-bond acceptors (Lipinski definition) is 3. The van der Waals surface area contributed by atoms with Crippen LogP contribution in [0.15, 0.2) is 36.4 Å². The summed E-state index contributed by atoms with van der Waals surface area (Å²) in [4.78, 5) is 20.9. The molecule has 0 aliphatic carbocycles. The molecule has 0 aliphatic rings. The molecular weight excluding hydrogens is 361 g/mol. The van der Waals surface area contributed by atoms with Gasteiger partial charge in [-0.3, -0.25) is 9.69 Å². The predicted molar refractivity (Wildman–Crippen MR) is 109 cm³/mol. The average molecular weight is 387 g/mol. The Hall–Kier alpha value is -2.31. The molecule has 1 N–H and O–H groups in total. The lowest BCUT2D eigenvalue weighted by Crippen LogP contribution is -3.06. The molecule has 0 spiro atoms. The van der Waals surface area contributed by atoms with E-state index >= 15 is 0 Å². The Morgan fingerprint density at radius 2 is 1.78 bits per heavy atom. The number of halogens is 1. The third-order valence-electron chi connectivity index (χ3n) is 4.57. The van der Waals surface area contributed by atoms with Gasteiger partial charge in [0, 0.05) is 0 Å². The van der Waals surface area contributed by atoms with Gasteiger partial charge in [0.1, 0.15) is 5.82 Å². The molecule has 0 atom stereocenters. The Morgan fingerprint density at radius 1 is 1.11 bits per heavy atom. The summed E-state index contributed by atoms with van der Waals surface area (Å²) in [5.74, 6) is -0.311. The average Bonchev–Trinajstić information content (AvgIpc) is 3.06. The molecule has 2 aromatic carbocycles. The van der Waals surface area contributed by atoms with Crippen LogP contribution in [0.1, 0.15) is 16.7 Å². The molecule has 1 amide bonds. The third kappa shape index (κ3) is 4.51. The van der Waals surface area contributed by atoms with Gasteiger partial charge < -0.3 is 4.90 Å². The zero-order chi connectivity index (χ0) is 19.6. The number of carbonyl (C=O) groups is 1. The molecule has 1 heterocycles. The van der Waals surface area contributed by atoms with Crippen molar-refractivity contribution in [2.24, 2.45) is 0 Å². The van der Waals surface area contributed by atoms with E-state index in [4.69, 9.17) is 4.98 Å². The first kappa shape index (κ1) is 19.5. The van der Waals surface area contributed by atoms with Gasteiger partial charge in [-0.25, -0.2) is 9.37 Å². The quantitative estimate of drug-likeness (QED) is 0.707. The van der Waals surface area contributed by atoms with E-state index in [0.717, 1.165) is 33.0 Å². The summed E-state index contributed by atoms with van der Waals surface area (Å²) in [6.07, 6.45) is 0.233. The first-order valence-corrected chi connectivity index (χ1v) is 9.87. The summed E-state index contributed by atoms with van der Waals surface area (Å²) in [6, 6.07) is 10.3. The summed E-state index contributed by atoms with van der Waals surface area (Å²) < 4.78 is 14.3. The van der Waals surface area contributed by atoms with Crippen LogP contribution in [0.2, 0.25) is 0 Å². The van der Waals surface area contributed by atoms with Gasteiger partial charge in [-0.2, -0.15) is 0 Å². The number of fused-ring (bicyclic) bond motifs is 1. The number of benzene rings is 2. The van der Waals surface area contributed by atoms with Crippen LogP contribution in [0.3, 0.4) is 0 Å². The minimum atomic E-state index is -0.295. The summed E-state index contributed by atoms with van der Waals surface area (Å²) in [7, 11) is 4.13. The molecule has 0 unspecified atom stereocenters. The van der Waals surface area contributed by atoms with E-state index < -0.39 is 0 Å². The molecule has 0 fully saturated rings. The summed E-state index contributed by atoms with van der Waals surface area (Å²) >= 11 is 1.56. The third-order valence-corrected chi connectivity index (χ3v) is 5.78. The first-order chi connectivity index (χ1) is 12.8. The Bertz CT molecular complexity index is 911. The van der Waals surface area contributed by atoms with Crippen LogP contribution in [0.5, 0.6) is 0 Å². The summed E-state index contributed by atoms with van der Waals surface area (Å²) in [6.45, 7) is 5.53. The number of likely N-dealkylation sites (N-methyl/N-ethyl adjacent to an activating group) is 1. The van der Waals surface area contributed by atoms with Crippen LogP contribution < -0.4 is 9.80 Å². The lowest BCUT2D eigenvalue weighted by molar-refractivity contribution is -0.856. The van der Waals surface area contributed by atoms with Crippen LogP contribution >= 0.6 is 11.3 Å². The number of rotatable bonds is 6. The highest BCUT2D eigenvalue weighted by molar-refractivity contribution is 7.22. The zero-order valence-corrected chi connectivity index (χ0v) is 17.0. The van der Waals surface area contributed by atoms with Crippen molar-refractivity contribution in [3.63, 3.8) is 0 Å². The van der Waals surface area contributed by atoms with Crippen molar-refractivity contribution in [1.82, 2.24) is 4.98 Å².